The van der Waals surface area contributed by atoms with Crippen LogP contribution < -0.4 is 5.32 Å². The van der Waals surface area contributed by atoms with Crippen molar-refractivity contribution in [2.75, 3.05) is 5.32 Å². The van der Waals surface area contributed by atoms with Gasteiger partial charge in [0.05, 0.1) is 24.6 Å². The molecule has 3 aromatic rings. The van der Waals surface area contributed by atoms with Crippen molar-refractivity contribution in [2.24, 2.45) is 0 Å². The number of nitrogens with zero attached hydrogens (tertiary/aromatic N) is 4. The van der Waals surface area contributed by atoms with E-state index < -0.39 is 0 Å². The van der Waals surface area contributed by atoms with Gasteiger partial charge in [-0.3, -0.25) is 14.2 Å². The summed E-state index contributed by atoms with van der Waals surface area (Å²) in [4.78, 5) is 12.0. The molecule has 1 N–H and O–H groups in total. The van der Waals surface area contributed by atoms with Gasteiger partial charge in [0.1, 0.15) is 0 Å². The van der Waals surface area contributed by atoms with Gasteiger partial charge < -0.3 is 5.32 Å². The summed E-state index contributed by atoms with van der Waals surface area (Å²) in [6, 6.07) is 7.58. The Kier molecular flexibility index (Phi) is 5.30. The molecule has 3 rings (SSSR count). The quantitative estimate of drug-likeness (QED) is 0.689. The molecule has 128 valence electrons. The highest BCUT2D eigenvalue weighted by Crippen LogP contribution is 2.12. The van der Waals surface area contributed by atoms with Gasteiger partial charge in [-0.05, 0) is 30.7 Å². The molecule has 2 aromatic heterocycles. The monoisotopic (exact) mass is 355 g/mol. The van der Waals surface area contributed by atoms with Crippen molar-refractivity contribution >= 4 is 29.3 Å². The van der Waals surface area contributed by atoms with E-state index in [2.05, 4.69) is 15.5 Å². The normalized spacial score (nSPS) is 11.1. The first-order valence-electron chi connectivity index (χ1n) is 7.91. The third-order valence-corrected chi connectivity index (χ3v) is 3.81. The fourth-order valence-electron chi connectivity index (χ4n) is 2.29. The number of hydrogen-bond donors (Lipinski definition) is 1. The second kappa shape index (κ2) is 7.81. The molecule has 0 fully saturated rings. The molecule has 0 spiro atoms. The summed E-state index contributed by atoms with van der Waals surface area (Å²) in [5, 5.41) is 11.9. The molecule has 1 amide bonds. The number of carbonyl (C=O) groups excluding carboxylic acids is 1. The van der Waals surface area contributed by atoms with Crippen LogP contribution in [0.15, 0.2) is 55.1 Å². The van der Waals surface area contributed by atoms with Gasteiger partial charge >= 0.3 is 0 Å². The first kappa shape index (κ1) is 17.0. The van der Waals surface area contributed by atoms with Crippen LogP contribution >= 0.6 is 11.6 Å². The van der Waals surface area contributed by atoms with Crippen molar-refractivity contribution in [1.29, 1.82) is 0 Å². The first-order valence-corrected chi connectivity index (χ1v) is 8.28. The second-order valence-corrected chi connectivity index (χ2v) is 5.94. The predicted octanol–water partition coefficient (Wildman–Crippen LogP) is 3.45. The third kappa shape index (κ3) is 4.81. The number of rotatable bonds is 6. The molecule has 0 saturated carbocycles. The van der Waals surface area contributed by atoms with Crippen LogP contribution in [0.4, 0.5) is 5.69 Å². The fourth-order valence-corrected chi connectivity index (χ4v) is 2.41. The van der Waals surface area contributed by atoms with Crippen molar-refractivity contribution in [3.63, 3.8) is 0 Å². The van der Waals surface area contributed by atoms with Crippen LogP contribution in [0.2, 0.25) is 5.02 Å². The molecule has 0 aliphatic carbocycles. The van der Waals surface area contributed by atoms with Crippen LogP contribution in [0.1, 0.15) is 18.1 Å². The summed E-state index contributed by atoms with van der Waals surface area (Å²) in [6.07, 6.45) is 10.2. The molecule has 0 atom stereocenters. The third-order valence-electron chi connectivity index (χ3n) is 3.56. The van der Waals surface area contributed by atoms with E-state index in [0.29, 0.717) is 17.3 Å². The van der Waals surface area contributed by atoms with Gasteiger partial charge in [0.2, 0.25) is 5.91 Å². The Balaban J connectivity index is 1.56. The van der Waals surface area contributed by atoms with E-state index in [1.807, 2.05) is 37.4 Å². The average Bonchev–Trinajstić information content (AvgIpc) is 3.24. The molecule has 0 aliphatic heterocycles. The Labute approximate surface area is 150 Å². The largest absolute Gasteiger partial charge is 0.320 e. The van der Waals surface area contributed by atoms with E-state index >= 15 is 0 Å². The number of hydrogen-bond acceptors (Lipinski definition) is 3. The molecular formula is C18H18ClN5O. The molecule has 25 heavy (non-hydrogen) atoms. The molecule has 1 aromatic carbocycles. The van der Waals surface area contributed by atoms with Gasteiger partial charge in [-0.1, -0.05) is 23.7 Å². The van der Waals surface area contributed by atoms with Gasteiger partial charge in [0.25, 0.3) is 0 Å². The zero-order valence-electron chi connectivity index (χ0n) is 13.8. The maximum atomic E-state index is 12.0. The minimum atomic E-state index is -0.213. The van der Waals surface area contributed by atoms with Gasteiger partial charge in [-0.15, -0.1) is 0 Å². The molecular weight excluding hydrogens is 338 g/mol. The van der Waals surface area contributed by atoms with Crippen LogP contribution in [-0.4, -0.2) is 25.5 Å². The van der Waals surface area contributed by atoms with Gasteiger partial charge in [-0.25, -0.2) is 0 Å². The van der Waals surface area contributed by atoms with Crippen LogP contribution in [0.25, 0.3) is 6.08 Å². The number of benzene rings is 1. The number of amides is 1. The minimum absolute atomic E-state index is 0.213. The van der Waals surface area contributed by atoms with Crippen molar-refractivity contribution < 1.29 is 4.79 Å². The summed E-state index contributed by atoms with van der Waals surface area (Å²) in [6.45, 7) is 3.42. The highest BCUT2D eigenvalue weighted by Gasteiger charge is 2.03. The highest BCUT2D eigenvalue weighted by molar-refractivity contribution is 6.30. The first-order chi connectivity index (χ1) is 12.1. The molecule has 0 unspecified atom stereocenters. The van der Waals surface area contributed by atoms with E-state index in [1.165, 1.54) is 6.08 Å². The lowest BCUT2D eigenvalue weighted by molar-refractivity contribution is -0.111. The SMILES string of the molecule is CCn1cc(/C=C/C(=O)Nc2cnn(Cc3ccc(Cl)cc3)c2)cn1. The summed E-state index contributed by atoms with van der Waals surface area (Å²) >= 11 is 5.88. The number of halogens is 1. The van der Waals surface area contributed by atoms with Gasteiger partial charge in [0, 0.05) is 35.6 Å². The Morgan fingerprint density at radius 3 is 2.64 bits per heavy atom. The molecule has 0 aliphatic rings. The molecule has 0 saturated heterocycles. The minimum Gasteiger partial charge on any atom is -0.320 e. The van der Waals surface area contributed by atoms with Crippen molar-refractivity contribution in [3.8, 4) is 0 Å². The number of nitrogens with one attached hydrogen (secondary N) is 1. The zero-order valence-corrected chi connectivity index (χ0v) is 14.5. The van der Waals surface area contributed by atoms with Gasteiger partial charge in [0.15, 0.2) is 0 Å². The molecule has 0 bridgehead atoms. The van der Waals surface area contributed by atoms with Crippen molar-refractivity contribution in [1.82, 2.24) is 19.6 Å². The predicted molar refractivity (Wildman–Crippen MR) is 98.3 cm³/mol. The maximum absolute atomic E-state index is 12.0. The standard InChI is InChI=1S/C18H18ClN5O/c1-2-23-12-15(9-20-23)5-8-18(25)22-17-10-21-24(13-17)11-14-3-6-16(19)7-4-14/h3-10,12-13H,2,11H2,1H3,(H,22,25)/b8-5+. The molecule has 6 nitrogen and oxygen atoms in total. The molecule has 0 radical (unpaired) electrons. The van der Waals surface area contributed by atoms with E-state index in [1.54, 1.807) is 34.0 Å². The Morgan fingerprint density at radius 2 is 1.92 bits per heavy atom. The Hall–Kier alpha value is -2.86. The van der Waals surface area contributed by atoms with Gasteiger partial charge in [-0.2, -0.15) is 10.2 Å². The summed E-state index contributed by atoms with van der Waals surface area (Å²) in [5.41, 5.74) is 2.61. The number of aromatic nitrogens is 4. The number of aryl methyl sites for hydroxylation is 1. The summed E-state index contributed by atoms with van der Waals surface area (Å²) in [5.74, 6) is -0.213. The summed E-state index contributed by atoms with van der Waals surface area (Å²) in [7, 11) is 0. The zero-order chi connectivity index (χ0) is 17.6. The Morgan fingerprint density at radius 1 is 1.16 bits per heavy atom. The molecule has 7 heteroatoms. The highest BCUT2D eigenvalue weighted by atomic mass is 35.5. The molecule has 2 heterocycles. The van der Waals surface area contributed by atoms with E-state index in [4.69, 9.17) is 11.6 Å². The maximum Gasteiger partial charge on any atom is 0.248 e. The van der Waals surface area contributed by atoms with E-state index in [0.717, 1.165) is 17.7 Å². The van der Waals surface area contributed by atoms with E-state index in [9.17, 15) is 4.79 Å². The van der Waals surface area contributed by atoms with E-state index in [-0.39, 0.29) is 5.91 Å². The van der Waals surface area contributed by atoms with Crippen molar-refractivity contribution in [3.05, 3.63) is 71.3 Å². The van der Waals surface area contributed by atoms with Crippen LogP contribution in [0.5, 0.6) is 0 Å². The lowest BCUT2D eigenvalue weighted by Crippen LogP contribution is -2.07. The van der Waals surface area contributed by atoms with Crippen LogP contribution in [-0.2, 0) is 17.9 Å². The smallest absolute Gasteiger partial charge is 0.248 e. The number of carbonyl (C=O) groups is 1. The van der Waals surface area contributed by atoms with Crippen LogP contribution in [0, 0.1) is 0 Å². The Bertz CT molecular complexity index is 879. The van der Waals surface area contributed by atoms with Crippen molar-refractivity contribution in [2.45, 2.75) is 20.0 Å². The summed E-state index contributed by atoms with van der Waals surface area (Å²) < 4.78 is 3.56. The number of anilines is 1. The average molecular weight is 356 g/mol. The van der Waals surface area contributed by atoms with Crippen LogP contribution in [0.3, 0.4) is 0 Å². The second-order valence-electron chi connectivity index (χ2n) is 5.51. The lowest BCUT2D eigenvalue weighted by atomic mass is 10.2. The fraction of sp³-hybridized carbons (Fsp3) is 0.167. The topological polar surface area (TPSA) is 64.7 Å². The lowest BCUT2D eigenvalue weighted by Gasteiger charge is -2.01.